The first-order valence-electron chi connectivity index (χ1n) is 15.4. The van der Waals surface area contributed by atoms with E-state index in [0.29, 0.717) is 26.7 Å². The van der Waals surface area contributed by atoms with E-state index >= 15 is 0 Å². The fraction of sp³-hybridized carbons (Fsp3) is 0.167. The van der Waals surface area contributed by atoms with Crippen LogP contribution in [0.5, 0.6) is 0 Å². The van der Waals surface area contributed by atoms with Crippen LogP contribution in [-0.4, -0.2) is 47.6 Å². The zero-order chi connectivity index (χ0) is 37.4. The molecule has 10 nitrogen and oxygen atoms in total. The second-order valence-electron chi connectivity index (χ2n) is 12.0. The molecule has 0 aromatic heterocycles. The lowest BCUT2D eigenvalue weighted by molar-refractivity contribution is 0.383. The van der Waals surface area contributed by atoms with E-state index in [2.05, 4.69) is 15.9 Å². The Hall–Kier alpha value is -3.70. The largest absolute Gasteiger partial charge is 0.256 e. The zero-order valence-corrected chi connectivity index (χ0v) is 32.9. The number of sulfonamides is 4. The van der Waals surface area contributed by atoms with Gasteiger partial charge in [0, 0.05) is 4.47 Å². The minimum atomic E-state index is -5.05. The van der Waals surface area contributed by atoms with Crippen LogP contribution in [0.1, 0.15) is 33.9 Å². The van der Waals surface area contributed by atoms with E-state index in [4.69, 9.17) is 0 Å². The highest BCUT2D eigenvalue weighted by Crippen LogP contribution is 2.38. The number of hydrogen-bond donors (Lipinski definition) is 0. The van der Waals surface area contributed by atoms with Gasteiger partial charge in [-0.2, -0.15) is 0 Å². The van der Waals surface area contributed by atoms with E-state index in [9.17, 15) is 33.7 Å². The first kappa shape index (κ1) is 38.5. The third-order valence-corrected chi connectivity index (χ3v) is 17.3. The molecule has 0 fully saturated rings. The van der Waals surface area contributed by atoms with Crippen LogP contribution in [0.3, 0.4) is 0 Å². The van der Waals surface area contributed by atoms with Crippen LogP contribution < -0.4 is 0 Å². The summed E-state index contributed by atoms with van der Waals surface area (Å²) in [5.74, 6) is 0. The molecular weight excluding hydrogens is 797 g/mol. The van der Waals surface area contributed by atoms with Crippen LogP contribution in [0.25, 0.3) is 0 Å². The molecule has 0 saturated carbocycles. The summed E-state index contributed by atoms with van der Waals surface area (Å²) in [5.41, 5.74) is 2.81. The van der Waals surface area contributed by atoms with Crippen LogP contribution in [0.4, 0.5) is 0 Å². The molecule has 0 aliphatic rings. The van der Waals surface area contributed by atoms with Gasteiger partial charge in [0.05, 0.1) is 32.2 Å². The Morgan fingerprint density at radius 3 is 1.00 bits per heavy atom. The SMILES string of the molecule is Cc1ccc(S(=O)(=O)N(CC(c2ccc(Br)cc2)N(S(=O)(=O)c2ccc(C)cc2)S(=O)(=O)c2ccc(C)cc2)S(=O)(=O)c2ccc(C)cc2)cc1. The van der Waals surface area contributed by atoms with Gasteiger partial charge in [0.2, 0.25) is 0 Å². The molecule has 0 heterocycles. The standard InChI is InChI=1S/C36H35BrN2O8S4/c1-26-5-17-32(18-6-26)48(40,41)38(49(42,43)33-19-7-27(2)8-20-33)25-36(30-13-15-31(37)16-14-30)39(50(44,45)34-21-9-28(3)10-22-34)51(46,47)35-23-11-29(4)12-24-35/h5-24,36H,25H2,1-4H3. The summed E-state index contributed by atoms with van der Waals surface area (Å²) >= 11 is 3.33. The van der Waals surface area contributed by atoms with Gasteiger partial charge in [-0.05, 0) is 93.9 Å². The van der Waals surface area contributed by atoms with E-state index in [1.807, 2.05) is 0 Å². The molecule has 0 spiro atoms. The normalized spacial score (nSPS) is 13.4. The highest BCUT2D eigenvalue weighted by molar-refractivity contribution is 9.10. The summed E-state index contributed by atoms with van der Waals surface area (Å²) in [5, 5.41) is 0. The third-order valence-electron chi connectivity index (χ3n) is 8.12. The molecular formula is C36H35BrN2O8S4. The van der Waals surface area contributed by atoms with E-state index < -0.39 is 72.3 Å². The molecule has 0 saturated heterocycles. The highest BCUT2D eigenvalue weighted by Gasteiger charge is 2.47. The Morgan fingerprint density at radius 2 is 0.706 bits per heavy atom. The van der Waals surface area contributed by atoms with Gasteiger partial charge in [-0.25, -0.2) is 33.7 Å². The van der Waals surface area contributed by atoms with Gasteiger partial charge in [-0.3, -0.25) is 0 Å². The number of nitrogens with zero attached hydrogens (tertiary/aromatic N) is 2. The Kier molecular flexibility index (Phi) is 11.1. The second kappa shape index (κ2) is 14.7. The average molecular weight is 832 g/mol. The molecule has 51 heavy (non-hydrogen) atoms. The van der Waals surface area contributed by atoms with E-state index in [1.54, 1.807) is 27.7 Å². The summed E-state index contributed by atoms with van der Waals surface area (Å²) in [4.78, 5) is -1.60. The summed E-state index contributed by atoms with van der Waals surface area (Å²) in [7, 11) is -20.1. The van der Waals surface area contributed by atoms with Gasteiger partial charge in [0.15, 0.2) is 0 Å². The summed E-state index contributed by atoms with van der Waals surface area (Å²) < 4.78 is 118. The van der Waals surface area contributed by atoms with Crippen molar-refractivity contribution >= 4 is 56.0 Å². The van der Waals surface area contributed by atoms with Crippen molar-refractivity contribution in [3.63, 3.8) is 0 Å². The molecule has 0 bridgehead atoms. The van der Waals surface area contributed by atoms with Gasteiger partial charge in [0.25, 0.3) is 40.1 Å². The lowest BCUT2D eigenvalue weighted by Gasteiger charge is -2.34. The quantitative estimate of drug-likeness (QED) is 0.132. The maximum absolute atomic E-state index is 14.7. The number of hydrogen-bond acceptors (Lipinski definition) is 8. The van der Waals surface area contributed by atoms with Crippen LogP contribution in [0.15, 0.2) is 145 Å². The van der Waals surface area contributed by atoms with Gasteiger partial charge >= 0.3 is 0 Å². The molecule has 15 heteroatoms. The highest BCUT2D eigenvalue weighted by atomic mass is 79.9. The minimum Gasteiger partial charge on any atom is -0.206 e. The lowest BCUT2D eigenvalue weighted by Crippen LogP contribution is -2.47. The number of aryl methyl sites for hydroxylation is 4. The molecule has 0 amide bonds. The average Bonchev–Trinajstić information content (AvgIpc) is 3.07. The maximum atomic E-state index is 14.7. The van der Waals surface area contributed by atoms with E-state index in [1.165, 1.54) is 121 Å². The number of rotatable bonds is 12. The molecule has 0 aliphatic heterocycles. The van der Waals surface area contributed by atoms with Crippen molar-refractivity contribution in [3.05, 3.63) is 154 Å². The predicted octanol–water partition coefficient (Wildman–Crippen LogP) is 6.88. The molecule has 0 radical (unpaired) electrons. The van der Waals surface area contributed by atoms with E-state index in [0.717, 1.165) is 0 Å². The monoisotopic (exact) mass is 830 g/mol. The first-order chi connectivity index (χ1) is 23.8. The molecule has 268 valence electrons. The maximum Gasteiger partial charge on any atom is 0.256 e. The second-order valence-corrected chi connectivity index (χ2v) is 20.8. The molecule has 1 atom stereocenters. The predicted molar refractivity (Wildman–Crippen MR) is 199 cm³/mol. The summed E-state index contributed by atoms with van der Waals surface area (Å²) in [6, 6.07) is 25.8. The molecule has 5 aromatic carbocycles. The lowest BCUT2D eigenvalue weighted by atomic mass is 10.1. The summed E-state index contributed by atoms with van der Waals surface area (Å²) in [6.07, 6.45) is 0. The fourth-order valence-electron chi connectivity index (χ4n) is 5.19. The molecule has 5 rings (SSSR count). The van der Waals surface area contributed by atoms with Crippen molar-refractivity contribution < 1.29 is 33.7 Å². The Balaban J connectivity index is 1.85. The van der Waals surface area contributed by atoms with Crippen LogP contribution >= 0.6 is 15.9 Å². The van der Waals surface area contributed by atoms with Gasteiger partial charge in [0.1, 0.15) is 0 Å². The van der Waals surface area contributed by atoms with Crippen molar-refractivity contribution in [3.8, 4) is 0 Å². The number of halogens is 1. The smallest absolute Gasteiger partial charge is 0.206 e. The van der Waals surface area contributed by atoms with Crippen molar-refractivity contribution in [2.45, 2.75) is 53.3 Å². The van der Waals surface area contributed by atoms with Crippen LogP contribution in [0.2, 0.25) is 0 Å². The fourth-order valence-corrected chi connectivity index (χ4v) is 13.1. The third kappa shape index (κ3) is 8.04. The van der Waals surface area contributed by atoms with Crippen LogP contribution in [-0.2, 0) is 40.1 Å². The molecule has 5 aromatic rings. The minimum absolute atomic E-state index is 0.00721. The van der Waals surface area contributed by atoms with Gasteiger partial charge in [-0.15, -0.1) is 0 Å². The molecule has 0 N–H and O–H groups in total. The topological polar surface area (TPSA) is 143 Å². The van der Waals surface area contributed by atoms with Crippen molar-refractivity contribution in [2.75, 3.05) is 6.54 Å². The van der Waals surface area contributed by atoms with Crippen molar-refractivity contribution in [1.29, 1.82) is 0 Å². The van der Waals surface area contributed by atoms with Crippen molar-refractivity contribution in [2.24, 2.45) is 0 Å². The first-order valence-corrected chi connectivity index (χ1v) is 22.0. The van der Waals surface area contributed by atoms with Gasteiger partial charge in [-0.1, -0.05) is 106 Å². The zero-order valence-electron chi connectivity index (χ0n) is 28.0. The van der Waals surface area contributed by atoms with Gasteiger partial charge < -0.3 is 0 Å². The molecule has 1 unspecified atom stereocenters. The van der Waals surface area contributed by atoms with E-state index in [-0.39, 0.29) is 13.0 Å². The Bertz CT molecular complexity index is 2320. The number of benzene rings is 5. The Morgan fingerprint density at radius 1 is 0.431 bits per heavy atom. The summed E-state index contributed by atoms with van der Waals surface area (Å²) in [6.45, 7) is 5.76. The Labute approximate surface area is 308 Å². The van der Waals surface area contributed by atoms with Crippen LogP contribution in [0, 0.1) is 27.7 Å². The van der Waals surface area contributed by atoms with Crippen molar-refractivity contribution in [1.82, 2.24) is 7.42 Å². The molecule has 0 aliphatic carbocycles.